The molecule has 0 radical (unpaired) electrons. The van der Waals surface area contributed by atoms with Crippen LogP contribution < -0.4 is 12.4 Å². The number of nitrogens with zero attached hydrogens (tertiary/aromatic N) is 4. The largest absolute Gasteiger partial charge is 1.00 e. The Morgan fingerprint density at radius 3 is 0.571 bits per heavy atom. The Morgan fingerprint density at radius 1 is 0.571 bits per heavy atom. The molecule has 0 fully saturated rings. The van der Waals surface area contributed by atoms with Crippen molar-refractivity contribution in [3.05, 3.63) is 0 Å². The molecule has 0 aromatic heterocycles. The van der Waals surface area contributed by atoms with Crippen LogP contribution in [0.5, 0.6) is 0 Å². The molecule has 0 aliphatic heterocycles. The van der Waals surface area contributed by atoms with Gasteiger partial charge in [0.1, 0.15) is 0 Å². The Hall–Kier alpha value is -1.23. The fourth-order valence-electron chi connectivity index (χ4n) is 0. The van der Waals surface area contributed by atoms with Gasteiger partial charge in [0.15, 0.2) is 0 Å². The molecule has 0 spiro atoms. The first kappa shape index (κ1) is 38.6. The second-order valence-electron chi connectivity index (χ2n) is 0.894. The average molecular weight is 263 g/mol. The molecule has 0 aliphatic carbocycles. The number of rotatable bonds is 0. The van der Waals surface area contributed by atoms with Crippen LogP contribution >= 0.6 is 0 Å². The Bertz CT molecular complexity index is 155. The zero-order chi connectivity index (χ0) is 10.8. The van der Waals surface area contributed by atoms with Crippen molar-refractivity contribution in [1.82, 2.24) is 0 Å². The second-order valence-corrected chi connectivity index (χ2v) is 0.894. The fraction of sp³-hybridized carbons (Fsp3) is 0.500. The molecule has 0 saturated carbocycles. The van der Waals surface area contributed by atoms with Gasteiger partial charge >= 0.3 is 17.1 Å². The van der Waals surface area contributed by atoms with Gasteiger partial charge in [-0.3, -0.25) is 0 Å². The number of nitriles is 4. The fourth-order valence-corrected chi connectivity index (χ4v) is 0. The first-order valence-corrected chi connectivity index (χ1v) is 2.89. The zero-order valence-corrected chi connectivity index (χ0v) is 10.2. The molecule has 0 aromatic carbocycles. The van der Waals surface area contributed by atoms with Gasteiger partial charge in [-0.1, -0.05) is 0 Å². The monoisotopic (exact) mass is 262 g/mol. The molecule has 4 nitrogen and oxygen atoms in total. The van der Waals surface area contributed by atoms with Gasteiger partial charge in [0, 0.05) is 27.7 Å². The minimum Gasteiger partial charge on any atom is -1.00 e. The smallest absolute Gasteiger partial charge is 1.00 e. The van der Waals surface area contributed by atoms with Crippen molar-refractivity contribution >= 4 is 0 Å². The van der Waals surface area contributed by atoms with E-state index in [-0.39, 0.29) is 29.5 Å². The van der Waals surface area contributed by atoms with Crippen LogP contribution in [0.25, 0.3) is 0 Å². The summed E-state index contributed by atoms with van der Waals surface area (Å²) in [5, 5.41) is 29.3. The van der Waals surface area contributed by atoms with Crippen molar-refractivity contribution in [1.29, 1.82) is 21.0 Å². The predicted molar refractivity (Wildman–Crippen MR) is 45.1 cm³/mol. The molecule has 0 aromatic rings. The Kier molecular flexibility index (Phi) is 491. The third-order valence-electron chi connectivity index (χ3n) is 0. The third kappa shape index (κ3) is 679. The van der Waals surface area contributed by atoms with Gasteiger partial charge in [-0.05, 0) is 0 Å². The molecule has 0 saturated heterocycles. The van der Waals surface area contributed by atoms with Gasteiger partial charge < -0.3 is 12.4 Å². The standard InChI is InChI=1S/4C2H3N.ClH.Cu/c4*1-2-3;;/h4*1H3;1H;/q;;;;;+1/p-1. The minimum atomic E-state index is 0. The second kappa shape index (κ2) is 178. The van der Waals surface area contributed by atoms with Crippen LogP contribution in [0.3, 0.4) is 0 Å². The number of halogens is 1. The van der Waals surface area contributed by atoms with Crippen molar-refractivity contribution in [3.63, 3.8) is 0 Å². The molecule has 0 aliphatic rings. The third-order valence-corrected chi connectivity index (χ3v) is 0. The molecule has 0 atom stereocenters. The van der Waals surface area contributed by atoms with Crippen LogP contribution in [0, 0.1) is 45.3 Å². The van der Waals surface area contributed by atoms with Crippen LogP contribution in [-0.4, -0.2) is 0 Å². The van der Waals surface area contributed by atoms with Gasteiger partial charge in [0.25, 0.3) is 0 Å². The zero-order valence-electron chi connectivity index (χ0n) is 8.47. The summed E-state index contributed by atoms with van der Waals surface area (Å²) in [5.41, 5.74) is 0. The summed E-state index contributed by atoms with van der Waals surface area (Å²) in [5.74, 6) is 0. The Balaban J connectivity index is -0.0000000145. The number of hydrogen-bond acceptors (Lipinski definition) is 4. The summed E-state index contributed by atoms with van der Waals surface area (Å²) >= 11 is 0. The molecule has 82 valence electrons. The van der Waals surface area contributed by atoms with Crippen molar-refractivity contribution in [2.45, 2.75) is 27.7 Å². The van der Waals surface area contributed by atoms with Crippen molar-refractivity contribution in [2.75, 3.05) is 0 Å². The van der Waals surface area contributed by atoms with Crippen molar-refractivity contribution in [3.8, 4) is 24.3 Å². The van der Waals surface area contributed by atoms with Crippen LogP contribution in [-0.2, 0) is 17.1 Å². The van der Waals surface area contributed by atoms with E-state index in [2.05, 4.69) is 0 Å². The van der Waals surface area contributed by atoms with Crippen molar-refractivity contribution in [2.24, 2.45) is 0 Å². The summed E-state index contributed by atoms with van der Waals surface area (Å²) in [6, 6.07) is 7.00. The molecule has 6 heteroatoms. The van der Waals surface area contributed by atoms with Gasteiger partial charge in [-0.25, -0.2) is 0 Å². The summed E-state index contributed by atoms with van der Waals surface area (Å²) in [6.07, 6.45) is 0. The van der Waals surface area contributed by atoms with E-state index in [4.69, 9.17) is 21.0 Å². The maximum atomic E-state index is 7.32. The summed E-state index contributed by atoms with van der Waals surface area (Å²) in [4.78, 5) is 0. The van der Waals surface area contributed by atoms with Crippen LogP contribution in [0.2, 0.25) is 0 Å². The molecular formula is C8H12ClCuN4. The molecule has 14 heavy (non-hydrogen) atoms. The maximum absolute atomic E-state index is 7.32. The van der Waals surface area contributed by atoms with E-state index in [0.717, 1.165) is 0 Å². The van der Waals surface area contributed by atoms with Crippen LogP contribution in [0.1, 0.15) is 27.7 Å². The van der Waals surface area contributed by atoms with E-state index >= 15 is 0 Å². The van der Waals surface area contributed by atoms with E-state index < -0.39 is 0 Å². The van der Waals surface area contributed by atoms with Crippen LogP contribution in [0.15, 0.2) is 0 Å². The SMILES string of the molecule is CC#N.CC#N.CC#N.CC#N.[Cl-].[Cu+]. The van der Waals surface area contributed by atoms with Gasteiger partial charge in [0.05, 0.1) is 24.3 Å². The van der Waals surface area contributed by atoms with E-state index in [1.807, 2.05) is 0 Å². The predicted octanol–water partition coefficient (Wildman–Crippen LogP) is -0.879. The normalized spacial score (nSPS) is 2.29. The average Bonchev–Trinajstić information content (AvgIpc) is 1.92. The molecule has 0 rings (SSSR count). The van der Waals surface area contributed by atoms with E-state index in [0.29, 0.717) is 0 Å². The van der Waals surface area contributed by atoms with E-state index in [1.165, 1.54) is 27.7 Å². The Labute approximate surface area is 103 Å². The van der Waals surface area contributed by atoms with Gasteiger partial charge in [-0.15, -0.1) is 0 Å². The van der Waals surface area contributed by atoms with E-state index in [1.54, 1.807) is 24.3 Å². The molecule has 0 bridgehead atoms. The van der Waals surface area contributed by atoms with E-state index in [9.17, 15) is 0 Å². The van der Waals surface area contributed by atoms with Gasteiger partial charge in [0.2, 0.25) is 0 Å². The molecule has 0 heterocycles. The first-order valence-electron chi connectivity index (χ1n) is 2.89. The minimum absolute atomic E-state index is 0. The molecule has 0 unspecified atom stereocenters. The molecule has 0 amide bonds. The maximum Gasteiger partial charge on any atom is 1.00 e. The topological polar surface area (TPSA) is 95.2 Å². The quantitative estimate of drug-likeness (QED) is 0.530. The summed E-state index contributed by atoms with van der Waals surface area (Å²) < 4.78 is 0. The summed E-state index contributed by atoms with van der Waals surface area (Å²) in [6.45, 7) is 5.72. The Morgan fingerprint density at radius 2 is 0.571 bits per heavy atom. The number of hydrogen-bond donors (Lipinski definition) is 0. The van der Waals surface area contributed by atoms with Crippen LogP contribution in [0.4, 0.5) is 0 Å². The molecular weight excluding hydrogens is 251 g/mol. The first-order chi connectivity index (χ1) is 5.66. The summed E-state index contributed by atoms with van der Waals surface area (Å²) in [7, 11) is 0. The van der Waals surface area contributed by atoms with Crippen molar-refractivity contribution < 1.29 is 29.5 Å². The molecule has 0 N–H and O–H groups in total. The van der Waals surface area contributed by atoms with Gasteiger partial charge in [-0.2, -0.15) is 21.0 Å².